The number of nitrogens with zero attached hydrogens (tertiary/aromatic N) is 1. The molecule has 0 aromatic carbocycles. The molecule has 0 bridgehead atoms. The molecule has 1 atom stereocenters. The zero-order chi connectivity index (χ0) is 11.8. The normalized spacial score (nSPS) is 20.9. The Morgan fingerprint density at radius 1 is 1.56 bits per heavy atom. The van der Waals surface area contributed by atoms with E-state index in [1.54, 1.807) is 7.11 Å². The summed E-state index contributed by atoms with van der Waals surface area (Å²) in [6, 6.07) is 0. The zero-order valence-electron chi connectivity index (χ0n) is 10.2. The van der Waals surface area contributed by atoms with E-state index in [9.17, 15) is 0 Å². The fraction of sp³-hybridized carbons (Fsp3) is 0.909. The molecule has 0 aliphatic carbocycles. The van der Waals surface area contributed by atoms with Gasteiger partial charge in [-0.3, -0.25) is 0 Å². The number of nitrogens with one attached hydrogen (secondary N) is 1. The van der Waals surface area contributed by atoms with E-state index in [1.165, 1.54) is 0 Å². The van der Waals surface area contributed by atoms with Gasteiger partial charge < -0.3 is 19.7 Å². The molecule has 1 heterocycles. The maximum atomic E-state index is 5.64. The molecule has 1 aliphatic rings. The summed E-state index contributed by atoms with van der Waals surface area (Å²) in [5, 5.41) is 4.01. The Hall–Kier alpha value is -0.390. The second-order valence-electron chi connectivity index (χ2n) is 3.89. The maximum absolute atomic E-state index is 5.64. The summed E-state index contributed by atoms with van der Waals surface area (Å²) in [7, 11) is 1.69. The standard InChI is InChI=1S/C11H22N2O2S/c1-3-15-10-5-4-7-13(9-10)11(16)12-6-8-14-2/h10H,3-9H2,1-2H3,(H,12,16). The molecule has 5 heteroatoms. The molecule has 0 saturated carbocycles. The van der Waals surface area contributed by atoms with Crippen LogP contribution in [0.25, 0.3) is 0 Å². The molecule has 1 aliphatic heterocycles. The Labute approximate surface area is 103 Å². The summed E-state index contributed by atoms with van der Waals surface area (Å²) in [6.45, 7) is 6.21. The minimum Gasteiger partial charge on any atom is -0.383 e. The van der Waals surface area contributed by atoms with Crippen LogP contribution in [0.15, 0.2) is 0 Å². The Balaban J connectivity index is 2.26. The van der Waals surface area contributed by atoms with E-state index in [-0.39, 0.29) is 0 Å². The summed E-state index contributed by atoms with van der Waals surface area (Å²) < 4.78 is 10.6. The highest BCUT2D eigenvalue weighted by Gasteiger charge is 2.21. The van der Waals surface area contributed by atoms with Crippen LogP contribution in [-0.2, 0) is 9.47 Å². The molecule has 94 valence electrons. The monoisotopic (exact) mass is 246 g/mol. The van der Waals surface area contributed by atoms with Gasteiger partial charge in [0.05, 0.1) is 12.7 Å². The van der Waals surface area contributed by atoms with Gasteiger partial charge in [0.2, 0.25) is 0 Å². The quantitative estimate of drug-likeness (QED) is 0.578. The summed E-state index contributed by atoms with van der Waals surface area (Å²) in [4.78, 5) is 2.19. The van der Waals surface area contributed by atoms with Gasteiger partial charge >= 0.3 is 0 Å². The first-order chi connectivity index (χ1) is 7.77. The minimum absolute atomic E-state index is 0.334. The average molecular weight is 246 g/mol. The Kier molecular flexibility index (Phi) is 6.68. The van der Waals surface area contributed by atoms with E-state index in [4.69, 9.17) is 21.7 Å². The van der Waals surface area contributed by atoms with Crippen LogP contribution in [0.2, 0.25) is 0 Å². The summed E-state index contributed by atoms with van der Waals surface area (Å²) >= 11 is 5.33. The van der Waals surface area contributed by atoms with Gasteiger partial charge in [-0.25, -0.2) is 0 Å². The van der Waals surface area contributed by atoms with E-state index in [2.05, 4.69) is 10.2 Å². The van der Waals surface area contributed by atoms with Gasteiger partial charge in [-0.15, -0.1) is 0 Å². The van der Waals surface area contributed by atoms with Crippen LogP contribution in [0.4, 0.5) is 0 Å². The van der Waals surface area contributed by atoms with Gasteiger partial charge in [-0.1, -0.05) is 0 Å². The molecular weight excluding hydrogens is 224 g/mol. The highest BCUT2D eigenvalue weighted by molar-refractivity contribution is 7.80. The van der Waals surface area contributed by atoms with E-state index >= 15 is 0 Å². The number of piperidine rings is 1. The summed E-state index contributed by atoms with van der Waals surface area (Å²) in [5.41, 5.74) is 0. The van der Waals surface area contributed by atoms with E-state index < -0.39 is 0 Å². The number of hydrogen-bond acceptors (Lipinski definition) is 3. The lowest BCUT2D eigenvalue weighted by Gasteiger charge is -2.34. The highest BCUT2D eigenvalue weighted by atomic mass is 32.1. The fourth-order valence-electron chi connectivity index (χ4n) is 1.87. The first-order valence-corrected chi connectivity index (χ1v) is 6.32. The van der Waals surface area contributed by atoms with Crippen molar-refractivity contribution in [3.8, 4) is 0 Å². The van der Waals surface area contributed by atoms with Gasteiger partial charge in [-0.2, -0.15) is 0 Å². The number of methoxy groups -OCH3 is 1. The molecule has 1 rings (SSSR count). The molecule has 1 fully saturated rings. The van der Waals surface area contributed by atoms with Crippen molar-refractivity contribution in [2.24, 2.45) is 0 Å². The highest BCUT2D eigenvalue weighted by Crippen LogP contribution is 2.13. The Morgan fingerprint density at radius 2 is 2.38 bits per heavy atom. The summed E-state index contributed by atoms with van der Waals surface area (Å²) in [5.74, 6) is 0. The van der Waals surface area contributed by atoms with Crippen LogP contribution in [0.1, 0.15) is 19.8 Å². The number of ether oxygens (including phenoxy) is 2. The molecular formula is C11H22N2O2S. The predicted molar refractivity (Wildman–Crippen MR) is 68.7 cm³/mol. The Morgan fingerprint density at radius 3 is 3.06 bits per heavy atom. The topological polar surface area (TPSA) is 33.7 Å². The molecule has 4 nitrogen and oxygen atoms in total. The van der Waals surface area contributed by atoms with Crippen LogP contribution in [-0.4, -0.2) is 56.1 Å². The van der Waals surface area contributed by atoms with Crippen molar-refractivity contribution in [2.75, 3.05) is 40.0 Å². The van der Waals surface area contributed by atoms with Crippen LogP contribution in [0.5, 0.6) is 0 Å². The number of likely N-dealkylation sites (tertiary alicyclic amines) is 1. The Bertz CT molecular complexity index is 212. The fourth-order valence-corrected chi connectivity index (χ4v) is 2.13. The molecule has 0 amide bonds. The lowest BCUT2D eigenvalue weighted by atomic mass is 10.1. The number of rotatable bonds is 5. The van der Waals surface area contributed by atoms with E-state index in [0.717, 1.165) is 44.2 Å². The van der Waals surface area contributed by atoms with Crippen molar-refractivity contribution in [3.63, 3.8) is 0 Å². The molecule has 16 heavy (non-hydrogen) atoms. The first kappa shape index (κ1) is 13.7. The smallest absolute Gasteiger partial charge is 0.169 e. The lowest BCUT2D eigenvalue weighted by Crippen LogP contribution is -2.48. The molecule has 1 saturated heterocycles. The molecule has 0 aromatic heterocycles. The number of hydrogen-bond donors (Lipinski definition) is 1. The average Bonchev–Trinajstić information content (AvgIpc) is 2.30. The van der Waals surface area contributed by atoms with Crippen molar-refractivity contribution in [2.45, 2.75) is 25.9 Å². The zero-order valence-corrected chi connectivity index (χ0v) is 11.0. The SMILES string of the molecule is CCOC1CCCN(C(=S)NCCOC)C1. The third-order valence-corrected chi connectivity index (χ3v) is 3.05. The van der Waals surface area contributed by atoms with Crippen LogP contribution in [0.3, 0.4) is 0 Å². The van der Waals surface area contributed by atoms with Crippen molar-refractivity contribution < 1.29 is 9.47 Å². The molecule has 0 spiro atoms. The molecule has 0 aromatic rings. The van der Waals surface area contributed by atoms with Crippen molar-refractivity contribution in [1.82, 2.24) is 10.2 Å². The second-order valence-corrected chi connectivity index (χ2v) is 4.28. The summed E-state index contributed by atoms with van der Waals surface area (Å²) in [6.07, 6.45) is 2.63. The van der Waals surface area contributed by atoms with Gasteiger partial charge in [0, 0.05) is 33.4 Å². The maximum Gasteiger partial charge on any atom is 0.169 e. The number of thiocarbonyl (C=S) groups is 1. The van der Waals surface area contributed by atoms with Crippen molar-refractivity contribution in [3.05, 3.63) is 0 Å². The minimum atomic E-state index is 0.334. The molecule has 0 radical (unpaired) electrons. The van der Waals surface area contributed by atoms with Crippen LogP contribution < -0.4 is 5.32 Å². The van der Waals surface area contributed by atoms with E-state index in [1.807, 2.05) is 6.92 Å². The van der Waals surface area contributed by atoms with E-state index in [0.29, 0.717) is 12.7 Å². The second kappa shape index (κ2) is 7.81. The van der Waals surface area contributed by atoms with Crippen molar-refractivity contribution in [1.29, 1.82) is 0 Å². The first-order valence-electron chi connectivity index (χ1n) is 5.91. The van der Waals surface area contributed by atoms with Gasteiger partial charge in [0.25, 0.3) is 0 Å². The predicted octanol–water partition coefficient (Wildman–Crippen LogP) is 1.01. The van der Waals surface area contributed by atoms with Gasteiger partial charge in [0.15, 0.2) is 5.11 Å². The van der Waals surface area contributed by atoms with Crippen molar-refractivity contribution >= 4 is 17.3 Å². The van der Waals surface area contributed by atoms with Crippen LogP contribution >= 0.6 is 12.2 Å². The molecule has 1 unspecified atom stereocenters. The van der Waals surface area contributed by atoms with Gasteiger partial charge in [-0.05, 0) is 32.0 Å². The lowest BCUT2D eigenvalue weighted by molar-refractivity contribution is 0.0233. The third kappa shape index (κ3) is 4.63. The van der Waals surface area contributed by atoms with Crippen LogP contribution in [0, 0.1) is 0 Å². The van der Waals surface area contributed by atoms with Gasteiger partial charge in [0.1, 0.15) is 0 Å². The molecule has 1 N–H and O–H groups in total. The third-order valence-electron chi connectivity index (χ3n) is 2.65. The largest absolute Gasteiger partial charge is 0.383 e.